The third-order valence-corrected chi connectivity index (χ3v) is 5.33. The second-order valence-corrected chi connectivity index (χ2v) is 5.84. The predicted molar refractivity (Wildman–Crippen MR) is 47.8 cm³/mol. The lowest BCUT2D eigenvalue weighted by atomic mass is 10.0. The summed E-state index contributed by atoms with van der Waals surface area (Å²) < 4.78 is 0. The molecule has 0 spiro atoms. The molecule has 10 heavy (non-hydrogen) atoms. The standard InChI is InChI=1S/C9H14Si/c1-2-5-9(6-3-1)10-7-4-8-10/h4,7-9H,1-3,5-6H2. The van der Waals surface area contributed by atoms with Gasteiger partial charge in [0.15, 0.2) is 0 Å². The monoisotopic (exact) mass is 150 g/mol. The minimum Gasteiger partial charge on any atom is -0.0780 e. The van der Waals surface area contributed by atoms with E-state index in [1.165, 1.54) is 32.1 Å². The van der Waals surface area contributed by atoms with E-state index in [-0.39, 0.29) is 8.41 Å². The SMILES string of the molecule is C1=C[Si](C2CCCCC2)=C1. The third kappa shape index (κ3) is 1.15. The molecule has 0 nitrogen and oxygen atoms in total. The summed E-state index contributed by atoms with van der Waals surface area (Å²) in [6.45, 7) is 0. The Labute approximate surface area is 64.2 Å². The quantitative estimate of drug-likeness (QED) is 0.503. The van der Waals surface area contributed by atoms with Crippen molar-refractivity contribution in [3.8, 4) is 0 Å². The molecule has 1 aliphatic heterocycles. The predicted octanol–water partition coefficient (Wildman–Crippen LogP) is 2.31. The molecule has 0 aromatic carbocycles. The van der Waals surface area contributed by atoms with Gasteiger partial charge in [-0.05, 0) is 18.4 Å². The fraction of sp³-hybridized carbons (Fsp3) is 0.667. The van der Waals surface area contributed by atoms with E-state index in [0.717, 1.165) is 5.54 Å². The second kappa shape index (κ2) is 2.83. The van der Waals surface area contributed by atoms with Gasteiger partial charge in [0.2, 0.25) is 0 Å². The first kappa shape index (κ1) is 6.53. The fourth-order valence-electron chi connectivity index (χ4n) is 1.92. The Balaban J connectivity index is 1.91. The molecule has 1 saturated carbocycles. The number of hydrogen-bond donors (Lipinski definition) is 0. The highest BCUT2D eigenvalue weighted by atomic mass is 28.2. The Morgan fingerprint density at radius 2 is 1.80 bits per heavy atom. The fourth-order valence-corrected chi connectivity index (χ4v) is 3.95. The number of allylic oxidation sites excluding steroid dienone is 1. The van der Waals surface area contributed by atoms with Crippen LogP contribution in [-0.2, 0) is 0 Å². The van der Waals surface area contributed by atoms with E-state index in [1.54, 1.807) is 0 Å². The van der Waals surface area contributed by atoms with Gasteiger partial charge in [0, 0.05) is 8.41 Å². The Kier molecular flexibility index (Phi) is 1.85. The van der Waals surface area contributed by atoms with Crippen LogP contribution in [0.5, 0.6) is 0 Å². The van der Waals surface area contributed by atoms with Crippen molar-refractivity contribution in [3.63, 3.8) is 0 Å². The van der Waals surface area contributed by atoms with Crippen LogP contribution in [0.4, 0.5) is 0 Å². The van der Waals surface area contributed by atoms with Gasteiger partial charge >= 0.3 is 0 Å². The Morgan fingerprint density at radius 3 is 2.30 bits per heavy atom. The highest BCUT2D eigenvalue weighted by molar-refractivity contribution is 6.77. The molecule has 0 radical (unpaired) electrons. The zero-order chi connectivity index (χ0) is 6.81. The van der Waals surface area contributed by atoms with Crippen LogP contribution >= 0.6 is 0 Å². The van der Waals surface area contributed by atoms with E-state index in [9.17, 15) is 0 Å². The van der Waals surface area contributed by atoms with E-state index in [1.807, 2.05) is 0 Å². The molecule has 0 bridgehead atoms. The minimum atomic E-state index is -0.0546. The lowest BCUT2D eigenvalue weighted by molar-refractivity contribution is 0.501. The molecule has 0 atom stereocenters. The van der Waals surface area contributed by atoms with Crippen LogP contribution in [0, 0.1) is 0 Å². The maximum atomic E-state index is 2.46. The van der Waals surface area contributed by atoms with Crippen LogP contribution < -0.4 is 0 Å². The van der Waals surface area contributed by atoms with E-state index in [0.29, 0.717) is 0 Å². The van der Waals surface area contributed by atoms with Crippen molar-refractivity contribution in [2.75, 3.05) is 0 Å². The zero-order valence-electron chi connectivity index (χ0n) is 6.34. The molecule has 2 rings (SSSR count). The Morgan fingerprint density at radius 1 is 1.10 bits per heavy atom. The van der Waals surface area contributed by atoms with E-state index in [2.05, 4.69) is 17.4 Å². The van der Waals surface area contributed by atoms with Crippen molar-refractivity contribution in [2.45, 2.75) is 37.6 Å². The first-order valence-electron chi connectivity index (χ1n) is 4.35. The summed E-state index contributed by atoms with van der Waals surface area (Å²) in [5, 5.41) is 0. The largest absolute Gasteiger partial charge is 0.0780 e. The van der Waals surface area contributed by atoms with E-state index < -0.39 is 0 Å². The van der Waals surface area contributed by atoms with Crippen LogP contribution in [0.25, 0.3) is 0 Å². The molecular weight excluding hydrogens is 136 g/mol. The maximum Gasteiger partial charge on any atom is 0.0402 e. The molecule has 0 aromatic rings. The molecule has 0 N–H and O–H groups in total. The molecular formula is C9H14Si. The number of rotatable bonds is 1. The van der Waals surface area contributed by atoms with Gasteiger partial charge in [0.1, 0.15) is 0 Å². The highest BCUT2D eigenvalue weighted by Crippen LogP contribution is 2.30. The van der Waals surface area contributed by atoms with Crippen LogP contribution in [0.15, 0.2) is 11.8 Å². The van der Waals surface area contributed by atoms with Crippen molar-refractivity contribution in [3.05, 3.63) is 11.8 Å². The summed E-state index contributed by atoms with van der Waals surface area (Å²) in [6.07, 6.45) is 9.78. The van der Waals surface area contributed by atoms with Crippen molar-refractivity contribution in [1.29, 1.82) is 0 Å². The molecule has 0 saturated heterocycles. The molecule has 2 aliphatic rings. The number of hydrogen-bond acceptors (Lipinski definition) is 0. The molecule has 0 unspecified atom stereocenters. The molecule has 1 aliphatic carbocycles. The molecule has 54 valence electrons. The first-order chi connectivity index (χ1) is 4.97. The lowest BCUT2D eigenvalue weighted by Gasteiger charge is -2.23. The van der Waals surface area contributed by atoms with Crippen LogP contribution in [0.1, 0.15) is 32.1 Å². The second-order valence-electron chi connectivity index (χ2n) is 3.36. The summed E-state index contributed by atoms with van der Waals surface area (Å²) in [5.74, 6) is 0. The van der Waals surface area contributed by atoms with Gasteiger partial charge < -0.3 is 0 Å². The molecule has 1 heteroatoms. The van der Waals surface area contributed by atoms with Crippen molar-refractivity contribution >= 4 is 14.1 Å². The van der Waals surface area contributed by atoms with Crippen molar-refractivity contribution in [1.82, 2.24) is 0 Å². The topological polar surface area (TPSA) is 0 Å². The first-order valence-corrected chi connectivity index (χ1v) is 6.08. The zero-order valence-corrected chi connectivity index (χ0v) is 7.34. The summed E-state index contributed by atoms with van der Waals surface area (Å²) >= 11 is 0. The summed E-state index contributed by atoms with van der Waals surface area (Å²) in [5.41, 5.74) is 6.03. The summed E-state index contributed by atoms with van der Waals surface area (Å²) in [6, 6.07) is 0. The van der Waals surface area contributed by atoms with Crippen LogP contribution in [-0.4, -0.2) is 14.1 Å². The van der Waals surface area contributed by atoms with Gasteiger partial charge in [0.25, 0.3) is 0 Å². The van der Waals surface area contributed by atoms with Crippen molar-refractivity contribution < 1.29 is 0 Å². The molecule has 1 heterocycles. The highest BCUT2D eigenvalue weighted by Gasteiger charge is 2.17. The van der Waals surface area contributed by atoms with E-state index in [4.69, 9.17) is 0 Å². The van der Waals surface area contributed by atoms with Gasteiger partial charge in [-0.25, -0.2) is 0 Å². The van der Waals surface area contributed by atoms with Gasteiger partial charge in [-0.1, -0.05) is 36.7 Å². The Hall–Kier alpha value is -0.173. The van der Waals surface area contributed by atoms with Crippen molar-refractivity contribution in [2.24, 2.45) is 0 Å². The van der Waals surface area contributed by atoms with Crippen LogP contribution in [0.2, 0.25) is 5.54 Å². The summed E-state index contributed by atoms with van der Waals surface area (Å²) in [7, 11) is -0.0546. The molecule has 0 amide bonds. The summed E-state index contributed by atoms with van der Waals surface area (Å²) in [4.78, 5) is 0. The average molecular weight is 150 g/mol. The lowest BCUT2D eigenvalue weighted by Crippen LogP contribution is -2.19. The van der Waals surface area contributed by atoms with Gasteiger partial charge in [-0.15, -0.1) is 0 Å². The van der Waals surface area contributed by atoms with Gasteiger partial charge in [0.05, 0.1) is 0 Å². The van der Waals surface area contributed by atoms with Crippen LogP contribution in [0.3, 0.4) is 0 Å². The Bertz CT molecular complexity index is 173. The smallest absolute Gasteiger partial charge is 0.0402 e. The normalized spacial score (nSPS) is 25.8. The average Bonchev–Trinajstić information content (AvgIpc) is 1.86. The third-order valence-electron chi connectivity index (χ3n) is 2.65. The molecule has 0 aromatic heterocycles. The molecule has 1 fully saturated rings. The van der Waals surface area contributed by atoms with E-state index >= 15 is 0 Å². The maximum absolute atomic E-state index is 2.46. The minimum absolute atomic E-state index is 0.0546. The van der Waals surface area contributed by atoms with Gasteiger partial charge in [-0.3, -0.25) is 0 Å². The van der Waals surface area contributed by atoms with Gasteiger partial charge in [-0.2, -0.15) is 0 Å².